The summed E-state index contributed by atoms with van der Waals surface area (Å²) in [5, 5.41) is 2.89. The number of nitrogens with zero attached hydrogens (tertiary/aromatic N) is 2. The van der Waals surface area contributed by atoms with Gasteiger partial charge in [-0.1, -0.05) is 43.7 Å². The van der Waals surface area contributed by atoms with E-state index in [4.69, 9.17) is 0 Å². The van der Waals surface area contributed by atoms with Crippen LogP contribution in [0.15, 0.2) is 30.3 Å². The summed E-state index contributed by atoms with van der Waals surface area (Å²) < 4.78 is 0. The van der Waals surface area contributed by atoms with E-state index in [-0.39, 0.29) is 18.4 Å². The molecular formula is C21H29N3O3. The zero-order chi connectivity index (χ0) is 19.4. The maximum atomic E-state index is 13.0. The monoisotopic (exact) mass is 371 g/mol. The Balaban J connectivity index is 1.65. The van der Waals surface area contributed by atoms with Gasteiger partial charge in [0.1, 0.15) is 12.1 Å². The molecule has 1 aromatic rings. The van der Waals surface area contributed by atoms with Crippen molar-refractivity contribution in [2.24, 2.45) is 5.92 Å². The fourth-order valence-corrected chi connectivity index (χ4v) is 4.15. The Labute approximate surface area is 160 Å². The van der Waals surface area contributed by atoms with Crippen LogP contribution in [0.4, 0.5) is 4.79 Å². The van der Waals surface area contributed by atoms with Crippen LogP contribution in [0, 0.1) is 5.92 Å². The molecule has 1 saturated heterocycles. The summed E-state index contributed by atoms with van der Waals surface area (Å²) in [5.41, 5.74) is 0.235. The molecule has 1 aromatic carbocycles. The molecular weight excluding hydrogens is 342 g/mol. The third-order valence-corrected chi connectivity index (χ3v) is 6.03. The van der Waals surface area contributed by atoms with Crippen LogP contribution in [0.2, 0.25) is 0 Å². The molecule has 3 rings (SSSR count). The summed E-state index contributed by atoms with van der Waals surface area (Å²) in [7, 11) is 0. The fourth-order valence-electron chi connectivity index (χ4n) is 4.15. The molecule has 146 valence electrons. The molecule has 6 heteroatoms. The van der Waals surface area contributed by atoms with Crippen molar-refractivity contribution in [1.29, 1.82) is 0 Å². The zero-order valence-corrected chi connectivity index (χ0v) is 16.2. The van der Waals surface area contributed by atoms with Gasteiger partial charge < -0.3 is 10.2 Å². The second-order valence-corrected chi connectivity index (χ2v) is 7.65. The second-order valence-electron chi connectivity index (χ2n) is 7.65. The van der Waals surface area contributed by atoms with Crippen molar-refractivity contribution in [2.45, 2.75) is 58.0 Å². The quantitative estimate of drug-likeness (QED) is 0.782. The van der Waals surface area contributed by atoms with E-state index in [1.807, 2.05) is 37.3 Å². The highest BCUT2D eigenvalue weighted by Gasteiger charge is 2.52. The molecule has 0 unspecified atom stereocenters. The third kappa shape index (κ3) is 3.99. The number of hydrogen-bond donors (Lipinski definition) is 1. The lowest BCUT2D eigenvalue weighted by atomic mass is 9.75. The van der Waals surface area contributed by atoms with Crippen LogP contribution in [0.5, 0.6) is 0 Å². The van der Waals surface area contributed by atoms with Crippen molar-refractivity contribution in [3.05, 3.63) is 35.9 Å². The largest absolute Gasteiger partial charge is 0.337 e. The zero-order valence-electron chi connectivity index (χ0n) is 16.2. The molecule has 1 saturated carbocycles. The van der Waals surface area contributed by atoms with Crippen LogP contribution < -0.4 is 5.32 Å². The Bertz CT molecular complexity index is 696. The molecule has 0 atom stereocenters. The first-order chi connectivity index (χ1) is 13.0. The maximum Gasteiger partial charge on any atom is 0.325 e. The lowest BCUT2D eigenvalue weighted by Gasteiger charge is -2.34. The Morgan fingerprint density at radius 1 is 1.19 bits per heavy atom. The highest BCUT2D eigenvalue weighted by molar-refractivity contribution is 6.09. The molecule has 1 heterocycles. The van der Waals surface area contributed by atoms with Crippen LogP contribution >= 0.6 is 0 Å². The minimum atomic E-state index is -0.792. The van der Waals surface area contributed by atoms with Crippen LogP contribution in [0.1, 0.15) is 51.5 Å². The van der Waals surface area contributed by atoms with Crippen LogP contribution in [0.3, 0.4) is 0 Å². The normalized spacial score (nSPS) is 25.0. The maximum absolute atomic E-state index is 13.0. The minimum absolute atomic E-state index is 0.190. The number of amides is 4. The van der Waals surface area contributed by atoms with E-state index >= 15 is 0 Å². The Hall–Kier alpha value is -2.37. The first-order valence-electron chi connectivity index (χ1n) is 9.95. The van der Waals surface area contributed by atoms with Gasteiger partial charge in [0.25, 0.3) is 5.91 Å². The average molecular weight is 371 g/mol. The highest BCUT2D eigenvalue weighted by Crippen LogP contribution is 2.37. The van der Waals surface area contributed by atoms with E-state index in [0.717, 1.165) is 29.7 Å². The first kappa shape index (κ1) is 19.4. The van der Waals surface area contributed by atoms with Gasteiger partial charge in [-0.25, -0.2) is 4.79 Å². The number of likely N-dealkylation sites (N-methyl/N-ethyl adjacent to an activating group) is 1. The van der Waals surface area contributed by atoms with Crippen molar-refractivity contribution in [3.8, 4) is 0 Å². The smallest absolute Gasteiger partial charge is 0.325 e. The topological polar surface area (TPSA) is 69.7 Å². The lowest BCUT2D eigenvalue weighted by Crippen LogP contribution is -2.50. The SMILES string of the molecule is CCC1CCC2(CC1)NC(=O)N(CC(=O)N(CC)Cc1ccccc1)C2=O. The number of imide groups is 1. The molecule has 27 heavy (non-hydrogen) atoms. The number of carbonyl (C=O) groups is 3. The van der Waals surface area contributed by atoms with Gasteiger partial charge in [-0.05, 0) is 44.1 Å². The molecule has 1 N–H and O–H groups in total. The van der Waals surface area contributed by atoms with Crippen LogP contribution in [-0.4, -0.2) is 46.3 Å². The molecule has 1 spiro atoms. The molecule has 2 aliphatic rings. The number of benzene rings is 1. The lowest BCUT2D eigenvalue weighted by molar-refractivity contribution is -0.140. The van der Waals surface area contributed by atoms with E-state index < -0.39 is 11.6 Å². The summed E-state index contributed by atoms with van der Waals surface area (Å²) in [5.74, 6) is 0.188. The van der Waals surface area contributed by atoms with Crippen molar-refractivity contribution in [1.82, 2.24) is 15.1 Å². The average Bonchev–Trinajstić information content (AvgIpc) is 2.91. The van der Waals surface area contributed by atoms with Gasteiger partial charge in [0.2, 0.25) is 5.91 Å². The van der Waals surface area contributed by atoms with Gasteiger partial charge in [-0.2, -0.15) is 0 Å². The summed E-state index contributed by atoms with van der Waals surface area (Å²) in [4.78, 5) is 40.9. The number of carbonyl (C=O) groups excluding carboxylic acids is 3. The van der Waals surface area contributed by atoms with Crippen molar-refractivity contribution in [3.63, 3.8) is 0 Å². The van der Waals surface area contributed by atoms with Crippen molar-refractivity contribution >= 4 is 17.8 Å². The van der Waals surface area contributed by atoms with Gasteiger partial charge in [0.05, 0.1) is 0 Å². The fraction of sp³-hybridized carbons (Fsp3) is 0.571. The molecule has 2 fully saturated rings. The molecule has 0 bridgehead atoms. The minimum Gasteiger partial charge on any atom is -0.337 e. The number of nitrogens with one attached hydrogen (secondary N) is 1. The summed E-state index contributed by atoms with van der Waals surface area (Å²) >= 11 is 0. The summed E-state index contributed by atoms with van der Waals surface area (Å²) in [6, 6.07) is 9.29. The van der Waals surface area contributed by atoms with Gasteiger partial charge >= 0.3 is 6.03 Å². The Morgan fingerprint density at radius 3 is 2.44 bits per heavy atom. The van der Waals surface area contributed by atoms with Crippen molar-refractivity contribution in [2.75, 3.05) is 13.1 Å². The predicted molar refractivity (Wildman–Crippen MR) is 103 cm³/mol. The van der Waals surface area contributed by atoms with E-state index in [2.05, 4.69) is 12.2 Å². The Kier molecular flexibility index (Phi) is 5.82. The van der Waals surface area contributed by atoms with Gasteiger partial charge in [0, 0.05) is 13.1 Å². The second kappa shape index (κ2) is 8.11. The molecule has 0 radical (unpaired) electrons. The molecule has 6 nitrogen and oxygen atoms in total. The van der Waals surface area contributed by atoms with Crippen LogP contribution in [0.25, 0.3) is 0 Å². The Morgan fingerprint density at radius 2 is 1.85 bits per heavy atom. The van der Waals surface area contributed by atoms with E-state index in [1.165, 1.54) is 0 Å². The number of rotatable bonds is 6. The number of urea groups is 1. The number of hydrogen-bond acceptors (Lipinski definition) is 3. The predicted octanol–water partition coefficient (Wildman–Crippen LogP) is 2.93. The van der Waals surface area contributed by atoms with Gasteiger partial charge in [0.15, 0.2) is 0 Å². The van der Waals surface area contributed by atoms with Gasteiger partial charge in [-0.3, -0.25) is 14.5 Å². The standard InChI is InChI=1S/C21H29N3O3/c1-3-16-10-12-21(13-11-16)19(26)24(20(27)22-21)15-18(25)23(4-2)14-17-8-6-5-7-9-17/h5-9,16H,3-4,10-15H2,1-2H3,(H,22,27). The van der Waals surface area contributed by atoms with Crippen LogP contribution in [-0.2, 0) is 16.1 Å². The van der Waals surface area contributed by atoms with E-state index in [1.54, 1.807) is 4.90 Å². The van der Waals surface area contributed by atoms with Gasteiger partial charge in [-0.15, -0.1) is 0 Å². The van der Waals surface area contributed by atoms with E-state index in [0.29, 0.717) is 31.8 Å². The first-order valence-corrected chi connectivity index (χ1v) is 9.95. The highest BCUT2D eigenvalue weighted by atomic mass is 16.2. The van der Waals surface area contributed by atoms with Crippen molar-refractivity contribution < 1.29 is 14.4 Å². The molecule has 1 aliphatic heterocycles. The van der Waals surface area contributed by atoms with E-state index in [9.17, 15) is 14.4 Å². The molecule has 0 aromatic heterocycles. The summed E-state index contributed by atoms with van der Waals surface area (Å²) in [6.45, 7) is 4.88. The summed E-state index contributed by atoms with van der Waals surface area (Å²) in [6.07, 6.45) is 4.33. The third-order valence-electron chi connectivity index (χ3n) is 6.03. The molecule has 4 amide bonds. The molecule has 1 aliphatic carbocycles.